The summed E-state index contributed by atoms with van der Waals surface area (Å²) in [5, 5.41) is 16.0. The quantitative estimate of drug-likeness (QED) is 0.324. The first-order valence-electron chi connectivity index (χ1n) is 17.6. The topological polar surface area (TPSA) is 153 Å². The number of halogens is 1. The van der Waals surface area contributed by atoms with Crippen molar-refractivity contribution in [3.05, 3.63) is 41.0 Å². The van der Waals surface area contributed by atoms with Gasteiger partial charge >= 0.3 is 6.03 Å². The van der Waals surface area contributed by atoms with Crippen molar-refractivity contribution in [3.63, 3.8) is 0 Å². The number of benzene rings is 1. The van der Waals surface area contributed by atoms with Gasteiger partial charge in [-0.1, -0.05) is 44.8 Å². The molecule has 0 spiro atoms. The Morgan fingerprint density at radius 1 is 1.04 bits per heavy atom. The van der Waals surface area contributed by atoms with Gasteiger partial charge < -0.3 is 30.7 Å². The average molecular weight is 683 g/mol. The molecule has 2 saturated carbocycles. The molecular weight excluding hydrogens is 631 g/mol. The van der Waals surface area contributed by atoms with Crippen LogP contribution in [0.2, 0.25) is 0 Å². The van der Waals surface area contributed by atoms with Gasteiger partial charge in [0.15, 0.2) is 5.69 Å². The number of amides is 5. The summed E-state index contributed by atoms with van der Waals surface area (Å²) in [6.07, 6.45) is 5.58. The Bertz CT molecular complexity index is 1510. The van der Waals surface area contributed by atoms with Gasteiger partial charge in [-0.05, 0) is 80.8 Å². The van der Waals surface area contributed by atoms with E-state index in [0.29, 0.717) is 43.2 Å². The van der Waals surface area contributed by atoms with Crippen molar-refractivity contribution in [3.8, 4) is 0 Å². The van der Waals surface area contributed by atoms with Crippen molar-refractivity contribution in [2.45, 2.75) is 103 Å². The van der Waals surface area contributed by atoms with E-state index in [2.05, 4.69) is 45.0 Å². The predicted molar refractivity (Wildman–Crippen MR) is 181 cm³/mol. The second kappa shape index (κ2) is 15.6. The number of nitrogens with zero attached hydrogens (tertiary/aromatic N) is 5. The summed E-state index contributed by atoms with van der Waals surface area (Å²) < 4.78 is 20.6. The Morgan fingerprint density at radius 3 is 2.39 bits per heavy atom. The molecule has 2 aliphatic carbocycles. The Morgan fingerprint density at radius 2 is 1.76 bits per heavy atom. The van der Waals surface area contributed by atoms with E-state index in [-0.39, 0.29) is 41.3 Å². The first-order valence-corrected chi connectivity index (χ1v) is 17.6. The molecule has 4 atom stereocenters. The molecule has 1 aliphatic heterocycles. The highest BCUT2D eigenvalue weighted by molar-refractivity contribution is 6.01. The number of anilines is 1. The number of piperazine rings is 1. The molecule has 0 unspecified atom stereocenters. The summed E-state index contributed by atoms with van der Waals surface area (Å²) in [5.74, 6) is -2.20. The van der Waals surface area contributed by atoms with E-state index in [1.54, 1.807) is 29.8 Å². The van der Waals surface area contributed by atoms with E-state index in [1.165, 1.54) is 12.1 Å². The maximum absolute atomic E-state index is 15.8. The van der Waals surface area contributed by atoms with E-state index in [1.807, 2.05) is 14.0 Å². The Balaban J connectivity index is 1.33. The second-order valence-corrected chi connectivity index (χ2v) is 14.3. The van der Waals surface area contributed by atoms with Gasteiger partial charge in [0.2, 0.25) is 11.8 Å². The maximum Gasteiger partial charge on any atom is 0.318 e. The molecule has 0 bridgehead atoms. The third kappa shape index (κ3) is 8.57. The summed E-state index contributed by atoms with van der Waals surface area (Å²) in [6.45, 7) is 9.60. The van der Waals surface area contributed by atoms with Crippen LogP contribution in [0.4, 0.5) is 14.9 Å². The minimum absolute atomic E-state index is 0.0274. The summed E-state index contributed by atoms with van der Waals surface area (Å²) in [7, 11) is 3.74. The highest BCUT2D eigenvalue weighted by Gasteiger charge is 2.38. The molecule has 3 fully saturated rings. The predicted octanol–water partition coefficient (Wildman–Crippen LogP) is 3.77. The maximum atomic E-state index is 15.8. The van der Waals surface area contributed by atoms with Crippen LogP contribution in [0.3, 0.4) is 0 Å². The van der Waals surface area contributed by atoms with Crippen molar-refractivity contribution >= 4 is 29.4 Å². The fraction of sp³-hybridized carbons (Fsp3) is 0.657. The highest BCUT2D eigenvalue weighted by atomic mass is 19.1. The number of hydrogen-bond acceptors (Lipinski definition) is 8. The molecule has 2 heterocycles. The number of likely N-dealkylation sites (N-methyl/N-ethyl adjacent to an activating group) is 1. The van der Waals surface area contributed by atoms with E-state index < -0.39 is 35.6 Å². The number of carbonyl (C=O) groups is 4. The summed E-state index contributed by atoms with van der Waals surface area (Å²) in [6, 6.07) is 2.56. The van der Waals surface area contributed by atoms with Gasteiger partial charge in [0.25, 0.3) is 5.91 Å². The fourth-order valence-electron chi connectivity index (χ4n) is 6.86. The van der Waals surface area contributed by atoms with Crippen molar-refractivity contribution in [2.24, 2.45) is 11.8 Å². The number of nitrogens with one attached hydrogen (secondary N) is 3. The average Bonchev–Trinajstić information content (AvgIpc) is 3.83. The smallest absolute Gasteiger partial charge is 0.318 e. The van der Waals surface area contributed by atoms with Crippen LogP contribution < -0.4 is 16.0 Å². The van der Waals surface area contributed by atoms with Gasteiger partial charge in [-0.15, -0.1) is 0 Å². The van der Waals surface area contributed by atoms with Crippen LogP contribution in [-0.2, 0) is 16.0 Å². The van der Waals surface area contributed by atoms with E-state index in [4.69, 9.17) is 4.63 Å². The molecule has 13 nitrogen and oxygen atoms in total. The first kappa shape index (κ1) is 36.2. The van der Waals surface area contributed by atoms with Crippen LogP contribution in [0.25, 0.3) is 0 Å². The monoisotopic (exact) mass is 682 g/mol. The molecule has 1 aromatic heterocycles. The number of carbonyl (C=O) groups excluding carboxylic acids is 4. The lowest BCUT2D eigenvalue weighted by Crippen LogP contribution is -2.59. The molecule has 0 radical (unpaired) electrons. The van der Waals surface area contributed by atoms with Crippen LogP contribution in [0.1, 0.15) is 93.9 Å². The number of aryl methyl sites for hydroxylation is 1. The highest BCUT2D eigenvalue weighted by Crippen LogP contribution is 2.32. The molecule has 1 aromatic carbocycles. The van der Waals surface area contributed by atoms with Crippen LogP contribution in [-0.4, -0.2) is 107 Å². The van der Waals surface area contributed by atoms with Crippen LogP contribution in [0, 0.1) is 17.7 Å². The van der Waals surface area contributed by atoms with E-state index in [0.717, 1.165) is 38.5 Å². The molecule has 14 heteroatoms. The third-order valence-electron chi connectivity index (χ3n) is 10.7. The Hall–Kier alpha value is -4.07. The zero-order valence-electron chi connectivity index (χ0n) is 29.5. The molecular formula is C35H51FN8O5. The first-order chi connectivity index (χ1) is 23.4. The largest absolute Gasteiger partial charge is 0.338 e. The van der Waals surface area contributed by atoms with Gasteiger partial charge in [0.1, 0.15) is 23.6 Å². The SMILES string of the molecule is CCc1nonc1C(=O)N[C@H](C(=O)Nc1ccc([C@H](C)[C@@H](NC(=O)N(C)C2CC2)C(=O)N2CCN(C)[C@H](C)C2)cc1F)[C@H]1CC[C@H](C)CC1. The Labute approximate surface area is 287 Å². The molecule has 3 N–H and O–H groups in total. The molecule has 3 aliphatic rings. The van der Waals surface area contributed by atoms with Gasteiger partial charge in [-0.2, -0.15) is 0 Å². The van der Waals surface area contributed by atoms with Crippen molar-refractivity contribution < 1.29 is 28.2 Å². The zero-order chi connectivity index (χ0) is 35.4. The molecule has 1 saturated heterocycles. The lowest BCUT2D eigenvalue weighted by molar-refractivity contribution is -0.136. The molecule has 5 amide bonds. The lowest BCUT2D eigenvalue weighted by Gasteiger charge is -2.40. The zero-order valence-corrected chi connectivity index (χ0v) is 29.5. The van der Waals surface area contributed by atoms with Crippen LogP contribution in [0.15, 0.2) is 22.8 Å². The lowest BCUT2D eigenvalue weighted by atomic mass is 9.79. The molecule has 49 heavy (non-hydrogen) atoms. The van der Waals surface area contributed by atoms with E-state index >= 15 is 4.39 Å². The minimum atomic E-state index is -0.925. The van der Waals surface area contributed by atoms with Crippen molar-refractivity contribution in [2.75, 3.05) is 39.0 Å². The van der Waals surface area contributed by atoms with Crippen molar-refractivity contribution in [1.82, 2.24) is 35.6 Å². The summed E-state index contributed by atoms with van der Waals surface area (Å²) in [5.41, 5.74) is 0.871. The van der Waals surface area contributed by atoms with Crippen molar-refractivity contribution in [1.29, 1.82) is 0 Å². The van der Waals surface area contributed by atoms with Gasteiger partial charge in [0, 0.05) is 44.7 Å². The van der Waals surface area contributed by atoms with Crippen LogP contribution in [0.5, 0.6) is 0 Å². The number of hydrogen-bond donors (Lipinski definition) is 3. The standard InChI is InChI=1S/C35H51FN8O5/c1-7-27-31(41-49-40-27)33(46)38-30(23-10-8-20(2)9-11-23)32(45)37-28-15-12-24(18-26(28)36)22(4)29(39-35(48)43(6)25-13-14-25)34(47)44-17-16-42(5)21(3)19-44/h12,15,18,20-23,25,29-30H,7-11,13-14,16-17,19H2,1-6H3,(H,37,45)(H,38,46)(H,39,48)/t20-,21-,22+,23-,29-,30+/m1/s1. The minimum Gasteiger partial charge on any atom is -0.338 e. The fourth-order valence-corrected chi connectivity index (χ4v) is 6.86. The van der Waals surface area contributed by atoms with Crippen LogP contribution >= 0.6 is 0 Å². The van der Waals surface area contributed by atoms with Gasteiger partial charge in [-0.3, -0.25) is 14.4 Å². The van der Waals surface area contributed by atoms with Gasteiger partial charge in [0.05, 0.1) is 5.69 Å². The molecule has 268 valence electrons. The summed E-state index contributed by atoms with van der Waals surface area (Å²) >= 11 is 0. The second-order valence-electron chi connectivity index (χ2n) is 14.3. The third-order valence-corrected chi connectivity index (χ3v) is 10.7. The number of urea groups is 1. The van der Waals surface area contributed by atoms with Gasteiger partial charge in [-0.25, -0.2) is 13.8 Å². The van der Waals surface area contributed by atoms with E-state index in [9.17, 15) is 19.2 Å². The number of rotatable bonds is 11. The number of aromatic nitrogens is 2. The normalized spacial score (nSPS) is 23.2. The summed E-state index contributed by atoms with van der Waals surface area (Å²) in [4.78, 5) is 59.6. The Kier molecular flexibility index (Phi) is 11.6. The molecule has 2 aromatic rings. The molecule has 5 rings (SSSR count).